The molecule has 0 radical (unpaired) electrons. The van der Waals surface area contributed by atoms with Crippen LogP contribution in [0.1, 0.15) is 11.1 Å². The van der Waals surface area contributed by atoms with E-state index in [1.165, 1.54) is 11.1 Å². The van der Waals surface area contributed by atoms with E-state index in [2.05, 4.69) is 47.7 Å². The van der Waals surface area contributed by atoms with Gasteiger partial charge in [0.1, 0.15) is 0 Å². The Balaban J connectivity index is 1.85. The minimum absolute atomic E-state index is 0.739. The van der Waals surface area contributed by atoms with Crippen molar-refractivity contribution < 1.29 is 0 Å². The molecular formula is C17H15ClN2S. The van der Waals surface area contributed by atoms with Gasteiger partial charge in [-0.2, -0.15) is 0 Å². The Bertz CT molecular complexity index is 763. The summed E-state index contributed by atoms with van der Waals surface area (Å²) in [6.07, 6.45) is 0. The fourth-order valence-electron chi connectivity index (χ4n) is 2.07. The van der Waals surface area contributed by atoms with Crippen LogP contribution in [0.3, 0.4) is 0 Å². The molecule has 0 amide bonds. The average Bonchev–Trinajstić information content (AvgIpc) is 2.92. The Morgan fingerprint density at radius 3 is 2.57 bits per heavy atom. The molecule has 0 fully saturated rings. The smallest absolute Gasteiger partial charge is 0.187 e. The minimum Gasteiger partial charge on any atom is -0.331 e. The molecule has 0 spiro atoms. The highest BCUT2D eigenvalue weighted by molar-refractivity contribution is 7.14. The van der Waals surface area contributed by atoms with E-state index in [0.717, 1.165) is 27.1 Å². The van der Waals surface area contributed by atoms with Crippen molar-refractivity contribution >= 4 is 33.8 Å². The van der Waals surface area contributed by atoms with Gasteiger partial charge in [0.2, 0.25) is 0 Å². The van der Waals surface area contributed by atoms with Crippen molar-refractivity contribution in [1.82, 2.24) is 4.98 Å². The number of halogens is 1. The van der Waals surface area contributed by atoms with Gasteiger partial charge in [-0.15, -0.1) is 11.3 Å². The van der Waals surface area contributed by atoms with Crippen LogP contribution in [0.4, 0.5) is 10.8 Å². The van der Waals surface area contributed by atoms with Gasteiger partial charge in [0.15, 0.2) is 5.13 Å². The molecule has 2 aromatic carbocycles. The van der Waals surface area contributed by atoms with E-state index in [9.17, 15) is 0 Å². The summed E-state index contributed by atoms with van der Waals surface area (Å²) in [5.74, 6) is 0. The highest BCUT2D eigenvalue weighted by Gasteiger charge is 2.06. The number of benzene rings is 2. The third-order valence-corrected chi connectivity index (χ3v) is 4.29. The molecule has 4 heteroatoms. The van der Waals surface area contributed by atoms with Gasteiger partial charge in [0, 0.05) is 21.7 Å². The number of anilines is 2. The van der Waals surface area contributed by atoms with Gasteiger partial charge in [-0.3, -0.25) is 0 Å². The van der Waals surface area contributed by atoms with Crippen molar-refractivity contribution in [3.8, 4) is 11.3 Å². The molecule has 0 atom stereocenters. The lowest BCUT2D eigenvalue weighted by atomic mass is 10.1. The molecule has 1 heterocycles. The second-order valence-electron chi connectivity index (χ2n) is 4.99. The first-order valence-corrected chi connectivity index (χ1v) is 7.93. The molecule has 3 rings (SSSR count). The Labute approximate surface area is 133 Å². The Hall–Kier alpha value is -1.84. The summed E-state index contributed by atoms with van der Waals surface area (Å²) in [6, 6.07) is 14.1. The van der Waals surface area contributed by atoms with Crippen LogP contribution in [-0.2, 0) is 0 Å². The first kappa shape index (κ1) is 14.1. The lowest BCUT2D eigenvalue weighted by molar-refractivity contribution is 1.34. The van der Waals surface area contributed by atoms with Gasteiger partial charge >= 0.3 is 0 Å². The van der Waals surface area contributed by atoms with Crippen LogP contribution < -0.4 is 5.32 Å². The van der Waals surface area contributed by atoms with Gasteiger partial charge in [-0.25, -0.2) is 4.98 Å². The van der Waals surface area contributed by atoms with Crippen molar-refractivity contribution in [2.45, 2.75) is 13.8 Å². The van der Waals surface area contributed by atoms with Crippen LogP contribution >= 0.6 is 22.9 Å². The molecule has 1 N–H and O–H groups in total. The molecule has 0 aliphatic carbocycles. The average molecular weight is 315 g/mol. The molecule has 0 saturated carbocycles. The maximum atomic E-state index is 5.91. The summed E-state index contributed by atoms with van der Waals surface area (Å²) in [4.78, 5) is 4.64. The fourth-order valence-corrected chi connectivity index (χ4v) is 2.93. The number of rotatable bonds is 3. The maximum Gasteiger partial charge on any atom is 0.187 e. The number of aryl methyl sites for hydroxylation is 2. The molecule has 0 bridgehead atoms. The van der Waals surface area contributed by atoms with Crippen LogP contribution in [0.15, 0.2) is 47.8 Å². The van der Waals surface area contributed by atoms with E-state index < -0.39 is 0 Å². The highest BCUT2D eigenvalue weighted by Crippen LogP contribution is 2.29. The van der Waals surface area contributed by atoms with E-state index >= 15 is 0 Å². The molecule has 106 valence electrons. The molecule has 0 aliphatic heterocycles. The van der Waals surface area contributed by atoms with Gasteiger partial charge in [0.05, 0.1) is 5.69 Å². The number of aromatic nitrogens is 1. The summed E-state index contributed by atoms with van der Waals surface area (Å²) in [5.41, 5.74) is 5.59. The zero-order chi connectivity index (χ0) is 14.8. The van der Waals surface area contributed by atoms with Gasteiger partial charge in [-0.05, 0) is 43.2 Å². The van der Waals surface area contributed by atoms with Gasteiger partial charge in [0.25, 0.3) is 0 Å². The first-order valence-electron chi connectivity index (χ1n) is 6.67. The molecule has 0 unspecified atom stereocenters. The summed E-state index contributed by atoms with van der Waals surface area (Å²) in [5, 5.41) is 7.08. The maximum absolute atomic E-state index is 5.91. The number of thiazole rings is 1. The van der Waals surface area contributed by atoms with Crippen LogP contribution in [0, 0.1) is 13.8 Å². The monoisotopic (exact) mass is 314 g/mol. The lowest BCUT2D eigenvalue weighted by Crippen LogP contribution is -1.93. The summed E-state index contributed by atoms with van der Waals surface area (Å²) in [6.45, 7) is 4.18. The Kier molecular flexibility index (Phi) is 3.95. The van der Waals surface area contributed by atoms with Crippen LogP contribution in [0.25, 0.3) is 11.3 Å². The van der Waals surface area contributed by atoms with E-state index in [4.69, 9.17) is 11.6 Å². The number of hydrogen-bond donors (Lipinski definition) is 1. The summed E-state index contributed by atoms with van der Waals surface area (Å²) in [7, 11) is 0. The van der Waals surface area contributed by atoms with Crippen molar-refractivity contribution in [2.24, 2.45) is 0 Å². The van der Waals surface area contributed by atoms with Crippen LogP contribution in [0.2, 0.25) is 5.02 Å². The molecule has 21 heavy (non-hydrogen) atoms. The predicted molar refractivity (Wildman–Crippen MR) is 91.8 cm³/mol. The van der Waals surface area contributed by atoms with E-state index in [1.54, 1.807) is 11.3 Å². The largest absolute Gasteiger partial charge is 0.331 e. The molecule has 3 aromatic rings. The molecule has 0 saturated heterocycles. The standard InChI is InChI=1S/C17H15ClN2S/c1-11-3-4-12(2)15(9-11)19-17-20-16(10-21-17)13-5-7-14(18)8-6-13/h3-10H,1-2H3,(H,19,20). The zero-order valence-corrected chi connectivity index (χ0v) is 13.4. The minimum atomic E-state index is 0.739. The summed E-state index contributed by atoms with van der Waals surface area (Å²) >= 11 is 7.52. The number of nitrogens with one attached hydrogen (secondary N) is 1. The Morgan fingerprint density at radius 2 is 1.81 bits per heavy atom. The molecule has 0 aliphatic rings. The van der Waals surface area contributed by atoms with E-state index in [1.807, 2.05) is 24.3 Å². The SMILES string of the molecule is Cc1ccc(C)c(Nc2nc(-c3ccc(Cl)cc3)cs2)c1. The van der Waals surface area contributed by atoms with Crippen molar-refractivity contribution in [2.75, 3.05) is 5.32 Å². The van der Waals surface area contributed by atoms with Crippen LogP contribution in [0.5, 0.6) is 0 Å². The lowest BCUT2D eigenvalue weighted by Gasteiger charge is -2.07. The second kappa shape index (κ2) is 5.88. The third kappa shape index (κ3) is 3.26. The van der Waals surface area contributed by atoms with Crippen molar-refractivity contribution in [1.29, 1.82) is 0 Å². The number of nitrogens with zero attached hydrogens (tertiary/aromatic N) is 1. The quantitative estimate of drug-likeness (QED) is 0.658. The first-order chi connectivity index (χ1) is 10.1. The molecule has 2 nitrogen and oxygen atoms in total. The molecule has 1 aromatic heterocycles. The van der Waals surface area contributed by atoms with Crippen LogP contribution in [-0.4, -0.2) is 4.98 Å². The second-order valence-corrected chi connectivity index (χ2v) is 6.28. The highest BCUT2D eigenvalue weighted by atomic mass is 35.5. The van der Waals surface area contributed by atoms with E-state index in [-0.39, 0.29) is 0 Å². The van der Waals surface area contributed by atoms with Gasteiger partial charge in [-0.1, -0.05) is 35.9 Å². The third-order valence-electron chi connectivity index (χ3n) is 3.28. The number of hydrogen-bond acceptors (Lipinski definition) is 3. The fraction of sp³-hybridized carbons (Fsp3) is 0.118. The molecular weight excluding hydrogens is 300 g/mol. The van der Waals surface area contributed by atoms with E-state index in [0.29, 0.717) is 0 Å². The predicted octanol–water partition coefficient (Wildman–Crippen LogP) is 5.82. The summed E-state index contributed by atoms with van der Waals surface area (Å²) < 4.78 is 0. The normalized spacial score (nSPS) is 10.6. The Morgan fingerprint density at radius 1 is 1.05 bits per heavy atom. The zero-order valence-electron chi connectivity index (χ0n) is 11.9. The van der Waals surface area contributed by atoms with Crippen molar-refractivity contribution in [3.63, 3.8) is 0 Å². The van der Waals surface area contributed by atoms with Gasteiger partial charge < -0.3 is 5.32 Å². The van der Waals surface area contributed by atoms with Crippen molar-refractivity contribution in [3.05, 3.63) is 64.0 Å². The topological polar surface area (TPSA) is 24.9 Å².